The van der Waals surface area contributed by atoms with Crippen LogP contribution < -0.4 is 11.1 Å². The highest BCUT2D eigenvalue weighted by Crippen LogP contribution is 2.33. The SMILES string of the molecule is CCn1cc(NC(=O)c2sc3ccccc3c2N)cn1. The molecule has 3 aromatic rings. The van der Waals surface area contributed by atoms with Gasteiger partial charge in [-0.25, -0.2) is 0 Å². The Balaban J connectivity index is 1.90. The first-order chi connectivity index (χ1) is 9.69. The molecule has 0 atom stereocenters. The topological polar surface area (TPSA) is 72.9 Å². The third kappa shape index (κ3) is 2.14. The molecule has 0 aliphatic rings. The summed E-state index contributed by atoms with van der Waals surface area (Å²) in [5.74, 6) is -0.195. The minimum Gasteiger partial charge on any atom is -0.397 e. The number of carbonyl (C=O) groups excluding carboxylic acids is 1. The van der Waals surface area contributed by atoms with Gasteiger partial charge in [0.05, 0.1) is 17.6 Å². The maximum absolute atomic E-state index is 12.3. The first-order valence-electron chi connectivity index (χ1n) is 6.30. The second-order valence-corrected chi connectivity index (χ2v) is 5.43. The monoisotopic (exact) mass is 286 g/mol. The van der Waals surface area contributed by atoms with Gasteiger partial charge in [-0.3, -0.25) is 9.48 Å². The van der Waals surface area contributed by atoms with Crippen LogP contribution >= 0.6 is 11.3 Å². The highest BCUT2D eigenvalue weighted by atomic mass is 32.1. The molecule has 0 bridgehead atoms. The van der Waals surface area contributed by atoms with Crippen molar-refractivity contribution in [3.63, 3.8) is 0 Å². The highest BCUT2D eigenvalue weighted by molar-refractivity contribution is 7.21. The summed E-state index contributed by atoms with van der Waals surface area (Å²) in [4.78, 5) is 12.8. The lowest BCUT2D eigenvalue weighted by atomic mass is 10.2. The van der Waals surface area contributed by atoms with Crippen molar-refractivity contribution >= 4 is 38.7 Å². The lowest BCUT2D eigenvalue weighted by Crippen LogP contribution is -2.11. The number of carbonyl (C=O) groups is 1. The summed E-state index contributed by atoms with van der Waals surface area (Å²) >= 11 is 1.40. The Morgan fingerprint density at radius 2 is 2.25 bits per heavy atom. The number of amides is 1. The van der Waals surface area contributed by atoms with Crippen molar-refractivity contribution in [1.82, 2.24) is 9.78 Å². The van der Waals surface area contributed by atoms with Crippen LogP contribution in [0.2, 0.25) is 0 Å². The molecule has 0 aliphatic carbocycles. The zero-order valence-corrected chi connectivity index (χ0v) is 11.8. The van der Waals surface area contributed by atoms with Gasteiger partial charge in [0.15, 0.2) is 0 Å². The van der Waals surface area contributed by atoms with Crippen molar-refractivity contribution in [1.29, 1.82) is 0 Å². The molecule has 0 aliphatic heterocycles. The van der Waals surface area contributed by atoms with Crippen molar-refractivity contribution in [2.24, 2.45) is 0 Å². The Kier molecular flexibility index (Phi) is 3.15. The van der Waals surface area contributed by atoms with E-state index in [1.807, 2.05) is 31.2 Å². The van der Waals surface area contributed by atoms with E-state index >= 15 is 0 Å². The molecule has 2 heterocycles. The van der Waals surface area contributed by atoms with Crippen LogP contribution in [0, 0.1) is 0 Å². The second kappa shape index (κ2) is 4.97. The Labute approximate surface area is 120 Å². The Bertz CT molecular complexity index is 774. The Hall–Kier alpha value is -2.34. The number of anilines is 2. The van der Waals surface area contributed by atoms with Crippen LogP contribution in [0.15, 0.2) is 36.7 Å². The predicted octanol–water partition coefficient (Wildman–Crippen LogP) is 2.95. The Morgan fingerprint density at radius 1 is 1.45 bits per heavy atom. The summed E-state index contributed by atoms with van der Waals surface area (Å²) < 4.78 is 2.77. The van der Waals surface area contributed by atoms with E-state index in [4.69, 9.17) is 5.73 Å². The van der Waals surface area contributed by atoms with Gasteiger partial charge in [0.1, 0.15) is 4.88 Å². The van der Waals surface area contributed by atoms with Gasteiger partial charge >= 0.3 is 0 Å². The summed E-state index contributed by atoms with van der Waals surface area (Å²) in [5.41, 5.74) is 7.26. The van der Waals surface area contributed by atoms with Crippen LogP contribution in [0.5, 0.6) is 0 Å². The van der Waals surface area contributed by atoms with Crippen molar-refractivity contribution in [2.75, 3.05) is 11.1 Å². The van der Waals surface area contributed by atoms with Gasteiger partial charge in [0.25, 0.3) is 5.91 Å². The first kappa shape index (κ1) is 12.7. The molecule has 0 saturated heterocycles. The molecule has 5 nitrogen and oxygen atoms in total. The minimum atomic E-state index is -0.195. The number of hydrogen-bond donors (Lipinski definition) is 2. The van der Waals surface area contributed by atoms with Crippen LogP contribution in [0.1, 0.15) is 16.6 Å². The number of fused-ring (bicyclic) bond motifs is 1. The zero-order valence-electron chi connectivity index (χ0n) is 11.0. The van der Waals surface area contributed by atoms with Crippen molar-refractivity contribution in [3.05, 3.63) is 41.5 Å². The number of thiophene rings is 1. The normalized spacial score (nSPS) is 10.8. The van der Waals surface area contributed by atoms with Gasteiger partial charge in [-0.2, -0.15) is 5.10 Å². The lowest BCUT2D eigenvalue weighted by molar-refractivity contribution is 0.103. The van der Waals surface area contributed by atoms with E-state index in [0.717, 1.165) is 16.6 Å². The number of aromatic nitrogens is 2. The summed E-state index contributed by atoms with van der Waals surface area (Å²) in [7, 11) is 0. The molecule has 0 saturated carbocycles. The number of nitrogens with zero attached hydrogens (tertiary/aromatic N) is 2. The van der Waals surface area contributed by atoms with Crippen LogP contribution in [-0.2, 0) is 6.54 Å². The molecule has 20 heavy (non-hydrogen) atoms. The maximum atomic E-state index is 12.3. The molecule has 102 valence electrons. The molecule has 3 N–H and O–H groups in total. The molecule has 0 spiro atoms. The van der Waals surface area contributed by atoms with E-state index in [0.29, 0.717) is 16.3 Å². The number of rotatable bonds is 3. The van der Waals surface area contributed by atoms with E-state index in [1.165, 1.54) is 11.3 Å². The second-order valence-electron chi connectivity index (χ2n) is 4.38. The molecule has 1 aromatic carbocycles. The fraction of sp³-hybridized carbons (Fsp3) is 0.143. The number of nitrogen functional groups attached to an aromatic ring is 1. The van der Waals surface area contributed by atoms with Crippen LogP contribution in [0.4, 0.5) is 11.4 Å². The highest BCUT2D eigenvalue weighted by Gasteiger charge is 2.16. The quantitative estimate of drug-likeness (QED) is 0.777. The van der Waals surface area contributed by atoms with Gasteiger partial charge in [0.2, 0.25) is 0 Å². The number of benzene rings is 1. The minimum absolute atomic E-state index is 0.195. The standard InChI is InChI=1S/C14H14N4OS/c1-2-18-8-9(7-16-18)17-14(19)13-12(15)10-5-3-4-6-11(10)20-13/h3-8H,2,15H2,1H3,(H,17,19). The van der Waals surface area contributed by atoms with Gasteiger partial charge in [0, 0.05) is 22.8 Å². The van der Waals surface area contributed by atoms with Crippen molar-refractivity contribution in [3.8, 4) is 0 Å². The van der Waals surface area contributed by atoms with Crippen molar-refractivity contribution in [2.45, 2.75) is 13.5 Å². The van der Waals surface area contributed by atoms with E-state index < -0.39 is 0 Å². The number of nitrogens with two attached hydrogens (primary N) is 1. The molecular formula is C14H14N4OS. The smallest absolute Gasteiger partial charge is 0.267 e. The van der Waals surface area contributed by atoms with E-state index in [-0.39, 0.29) is 5.91 Å². The molecule has 6 heteroatoms. The predicted molar refractivity (Wildman–Crippen MR) is 82.1 cm³/mol. The average molecular weight is 286 g/mol. The maximum Gasteiger partial charge on any atom is 0.267 e. The van der Waals surface area contributed by atoms with Gasteiger partial charge in [-0.05, 0) is 13.0 Å². The largest absolute Gasteiger partial charge is 0.397 e. The van der Waals surface area contributed by atoms with Crippen LogP contribution in [0.25, 0.3) is 10.1 Å². The van der Waals surface area contributed by atoms with Gasteiger partial charge in [-0.1, -0.05) is 18.2 Å². The number of hydrogen-bond acceptors (Lipinski definition) is 4. The van der Waals surface area contributed by atoms with Crippen LogP contribution in [0.3, 0.4) is 0 Å². The van der Waals surface area contributed by atoms with Gasteiger partial charge < -0.3 is 11.1 Å². The molecule has 0 fully saturated rings. The Morgan fingerprint density at radius 3 is 2.95 bits per heavy atom. The summed E-state index contributed by atoms with van der Waals surface area (Å²) in [6.45, 7) is 2.75. The van der Waals surface area contributed by atoms with Crippen molar-refractivity contribution < 1.29 is 4.79 Å². The summed E-state index contributed by atoms with van der Waals surface area (Å²) in [6.07, 6.45) is 3.42. The third-order valence-corrected chi connectivity index (χ3v) is 4.24. The fourth-order valence-corrected chi connectivity index (χ4v) is 3.04. The number of nitrogens with one attached hydrogen (secondary N) is 1. The lowest BCUT2D eigenvalue weighted by Gasteiger charge is -2.00. The summed E-state index contributed by atoms with van der Waals surface area (Å²) in [5, 5.41) is 7.87. The number of aryl methyl sites for hydroxylation is 1. The molecule has 0 radical (unpaired) electrons. The molecule has 3 rings (SSSR count). The molecule has 0 unspecified atom stereocenters. The van der Waals surface area contributed by atoms with E-state index in [1.54, 1.807) is 17.1 Å². The molecular weight excluding hydrogens is 272 g/mol. The van der Waals surface area contributed by atoms with Crippen LogP contribution in [-0.4, -0.2) is 15.7 Å². The van der Waals surface area contributed by atoms with E-state index in [2.05, 4.69) is 10.4 Å². The average Bonchev–Trinajstić information content (AvgIpc) is 3.04. The molecule has 1 amide bonds. The fourth-order valence-electron chi connectivity index (χ4n) is 2.02. The van der Waals surface area contributed by atoms with E-state index in [9.17, 15) is 4.79 Å². The molecule has 2 aromatic heterocycles. The summed E-state index contributed by atoms with van der Waals surface area (Å²) in [6, 6.07) is 7.74. The first-order valence-corrected chi connectivity index (χ1v) is 7.11. The van der Waals surface area contributed by atoms with Gasteiger partial charge in [-0.15, -0.1) is 11.3 Å². The zero-order chi connectivity index (χ0) is 14.1. The third-order valence-electron chi connectivity index (χ3n) is 3.06.